The van der Waals surface area contributed by atoms with Crippen molar-refractivity contribution in [3.05, 3.63) is 54.1 Å². The minimum Gasteiger partial charge on any atom is -0.545 e. The molecule has 6 heteroatoms. The summed E-state index contributed by atoms with van der Waals surface area (Å²) in [4.78, 5) is 22.5. The van der Waals surface area contributed by atoms with E-state index in [2.05, 4.69) is 5.32 Å². The predicted molar refractivity (Wildman–Crippen MR) is 82.5 cm³/mol. The van der Waals surface area contributed by atoms with Crippen LogP contribution in [0, 0.1) is 0 Å². The molecule has 2 aromatic rings. The summed E-state index contributed by atoms with van der Waals surface area (Å²) in [5.74, 6) is -0.575. The second kappa shape index (κ2) is 7.84. The average Bonchev–Trinajstić information content (AvgIpc) is 2.55. The Morgan fingerprint density at radius 2 is 1.61 bits per heavy atom. The smallest absolute Gasteiger partial charge is 0.262 e. The lowest BCUT2D eigenvalue weighted by Crippen LogP contribution is -2.22. The third-order valence-electron chi connectivity index (χ3n) is 2.91. The maximum absolute atomic E-state index is 11.9. The van der Waals surface area contributed by atoms with Crippen LogP contribution < -0.4 is 19.9 Å². The zero-order chi connectivity index (χ0) is 16.7. The Morgan fingerprint density at radius 3 is 2.17 bits per heavy atom. The summed E-state index contributed by atoms with van der Waals surface area (Å²) in [5, 5.41) is 13.3. The standard InChI is InChI=1S/C17H17NO5/c1-2-22-14-5-3-4-6-15(14)23-11-16(19)18-13-9-7-12(8-10-13)17(20)21/h3-10H,2,11H2,1H3,(H,18,19)(H,20,21)/p-1. The lowest BCUT2D eigenvalue weighted by Gasteiger charge is -2.12. The Hall–Kier alpha value is -3.02. The first-order valence-electron chi connectivity index (χ1n) is 7.06. The molecule has 0 aromatic heterocycles. The fourth-order valence-corrected chi connectivity index (χ4v) is 1.87. The molecular formula is C17H16NO5-. The van der Waals surface area contributed by atoms with Crippen LogP contribution in [0.2, 0.25) is 0 Å². The van der Waals surface area contributed by atoms with Crippen LogP contribution in [0.25, 0.3) is 0 Å². The molecule has 0 unspecified atom stereocenters. The van der Waals surface area contributed by atoms with E-state index in [0.717, 1.165) is 0 Å². The summed E-state index contributed by atoms with van der Waals surface area (Å²) in [6.45, 7) is 2.17. The molecule has 120 valence electrons. The number of anilines is 1. The zero-order valence-corrected chi connectivity index (χ0v) is 12.6. The highest BCUT2D eigenvalue weighted by molar-refractivity contribution is 5.93. The lowest BCUT2D eigenvalue weighted by molar-refractivity contribution is -0.255. The van der Waals surface area contributed by atoms with Crippen molar-refractivity contribution in [3.63, 3.8) is 0 Å². The number of carboxylic acid groups (broad SMARTS) is 1. The van der Waals surface area contributed by atoms with Crippen LogP contribution in [0.1, 0.15) is 17.3 Å². The minimum atomic E-state index is -1.27. The maximum Gasteiger partial charge on any atom is 0.262 e. The van der Waals surface area contributed by atoms with E-state index in [4.69, 9.17) is 9.47 Å². The van der Waals surface area contributed by atoms with Crippen molar-refractivity contribution in [2.24, 2.45) is 0 Å². The number of carbonyl (C=O) groups is 2. The van der Waals surface area contributed by atoms with Crippen LogP contribution in [-0.2, 0) is 4.79 Å². The van der Waals surface area contributed by atoms with Crippen molar-refractivity contribution in [1.29, 1.82) is 0 Å². The SMILES string of the molecule is CCOc1ccccc1OCC(=O)Nc1ccc(C(=O)[O-])cc1. The summed E-state index contributed by atoms with van der Waals surface area (Å²) in [5.41, 5.74) is 0.520. The predicted octanol–water partition coefficient (Wildman–Crippen LogP) is 1.47. The number of hydrogen-bond acceptors (Lipinski definition) is 5. The van der Waals surface area contributed by atoms with Gasteiger partial charge in [0.15, 0.2) is 18.1 Å². The second-order valence-electron chi connectivity index (χ2n) is 4.58. The molecule has 0 aliphatic carbocycles. The monoisotopic (exact) mass is 314 g/mol. The molecule has 0 spiro atoms. The number of ether oxygens (including phenoxy) is 2. The average molecular weight is 314 g/mol. The number of amides is 1. The van der Waals surface area contributed by atoms with Gasteiger partial charge in [-0.05, 0) is 36.8 Å². The largest absolute Gasteiger partial charge is 0.545 e. The van der Waals surface area contributed by atoms with Gasteiger partial charge in [0.2, 0.25) is 0 Å². The van der Waals surface area contributed by atoms with Crippen molar-refractivity contribution in [2.75, 3.05) is 18.5 Å². The molecule has 0 fully saturated rings. The van der Waals surface area contributed by atoms with Gasteiger partial charge in [-0.1, -0.05) is 24.3 Å². The van der Waals surface area contributed by atoms with E-state index >= 15 is 0 Å². The number of rotatable bonds is 7. The van der Waals surface area contributed by atoms with E-state index in [1.54, 1.807) is 18.2 Å². The zero-order valence-electron chi connectivity index (χ0n) is 12.6. The Bertz CT molecular complexity index is 682. The lowest BCUT2D eigenvalue weighted by atomic mass is 10.2. The molecule has 23 heavy (non-hydrogen) atoms. The first-order valence-corrected chi connectivity index (χ1v) is 7.06. The van der Waals surface area contributed by atoms with Gasteiger partial charge in [-0.2, -0.15) is 0 Å². The molecule has 1 N–H and O–H groups in total. The topological polar surface area (TPSA) is 87.7 Å². The number of carbonyl (C=O) groups excluding carboxylic acids is 2. The first-order chi connectivity index (χ1) is 11.1. The number of benzene rings is 2. The summed E-state index contributed by atoms with van der Waals surface area (Å²) in [6.07, 6.45) is 0. The Balaban J connectivity index is 1.91. The Morgan fingerprint density at radius 1 is 1.00 bits per heavy atom. The molecule has 0 saturated heterocycles. The highest BCUT2D eigenvalue weighted by Crippen LogP contribution is 2.26. The van der Waals surface area contributed by atoms with Gasteiger partial charge in [0, 0.05) is 5.69 Å². The molecule has 2 rings (SSSR count). The molecule has 6 nitrogen and oxygen atoms in total. The van der Waals surface area contributed by atoms with Crippen LogP contribution in [0.5, 0.6) is 11.5 Å². The maximum atomic E-state index is 11.9. The van der Waals surface area contributed by atoms with E-state index < -0.39 is 5.97 Å². The molecule has 0 saturated carbocycles. The summed E-state index contributed by atoms with van der Waals surface area (Å²) >= 11 is 0. The highest BCUT2D eigenvalue weighted by Gasteiger charge is 2.07. The van der Waals surface area contributed by atoms with E-state index in [9.17, 15) is 14.7 Å². The molecule has 0 atom stereocenters. The third kappa shape index (κ3) is 4.74. The van der Waals surface area contributed by atoms with Crippen LogP contribution in [-0.4, -0.2) is 25.1 Å². The highest BCUT2D eigenvalue weighted by atomic mass is 16.5. The van der Waals surface area contributed by atoms with Gasteiger partial charge in [0.25, 0.3) is 5.91 Å². The van der Waals surface area contributed by atoms with Gasteiger partial charge in [0.1, 0.15) is 0 Å². The summed E-state index contributed by atoms with van der Waals surface area (Å²) in [6, 6.07) is 12.8. The van der Waals surface area contributed by atoms with Gasteiger partial charge >= 0.3 is 0 Å². The van der Waals surface area contributed by atoms with Gasteiger partial charge in [-0.25, -0.2) is 0 Å². The summed E-state index contributed by atoms with van der Waals surface area (Å²) < 4.78 is 10.8. The first kappa shape index (κ1) is 16.4. The van der Waals surface area contributed by atoms with Crippen LogP contribution >= 0.6 is 0 Å². The van der Waals surface area contributed by atoms with Crippen molar-refractivity contribution >= 4 is 17.6 Å². The molecule has 0 bridgehead atoms. The van der Waals surface area contributed by atoms with Gasteiger partial charge in [-0.15, -0.1) is 0 Å². The molecular weight excluding hydrogens is 298 g/mol. The summed E-state index contributed by atoms with van der Waals surface area (Å²) in [7, 11) is 0. The third-order valence-corrected chi connectivity index (χ3v) is 2.91. The molecule has 0 heterocycles. The second-order valence-corrected chi connectivity index (χ2v) is 4.58. The Kier molecular flexibility index (Phi) is 5.57. The van der Waals surface area contributed by atoms with Gasteiger partial charge < -0.3 is 24.7 Å². The van der Waals surface area contributed by atoms with E-state index in [1.807, 2.05) is 13.0 Å². The van der Waals surface area contributed by atoms with Crippen molar-refractivity contribution in [2.45, 2.75) is 6.92 Å². The van der Waals surface area contributed by atoms with Gasteiger partial charge in [0.05, 0.1) is 12.6 Å². The fourth-order valence-electron chi connectivity index (χ4n) is 1.87. The quantitative estimate of drug-likeness (QED) is 0.836. The number of hydrogen-bond donors (Lipinski definition) is 1. The number of aromatic carboxylic acids is 1. The van der Waals surface area contributed by atoms with Crippen molar-refractivity contribution in [3.8, 4) is 11.5 Å². The number of nitrogens with one attached hydrogen (secondary N) is 1. The molecule has 1 amide bonds. The number of carboxylic acids is 1. The molecule has 2 aromatic carbocycles. The van der Waals surface area contributed by atoms with E-state index in [0.29, 0.717) is 23.8 Å². The van der Waals surface area contributed by atoms with Crippen LogP contribution in [0.4, 0.5) is 5.69 Å². The fraction of sp³-hybridized carbons (Fsp3) is 0.176. The molecule has 0 aliphatic rings. The van der Waals surface area contributed by atoms with Gasteiger partial charge in [-0.3, -0.25) is 4.79 Å². The van der Waals surface area contributed by atoms with Crippen molar-refractivity contribution < 1.29 is 24.2 Å². The van der Waals surface area contributed by atoms with Crippen molar-refractivity contribution in [1.82, 2.24) is 0 Å². The van der Waals surface area contributed by atoms with Crippen LogP contribution in [0.15, 0.2) is 48.5 Å². The molecule has 0 radical (unpaired) electrons. The van der Waals surface area contributed by atoms with E-state index in [-0.39, 0.29) is 18.1 Å². The molecule has 0 aliphatic heterocycles. The van der Waals surface area contributed by atoms with Crippen LogP contribution in [0.3, 0.4) is 0 Å². The van der Waals surface area contributed by atoms with E-state index in [1.165, 1.54) is 24.3 Å². The normalized spacial score (nSPS) is 9.96. The number of para-hydroxylation sites is 2. The minimum absolute atomic E-state index is 0.0462. The Labute approximate surface area is 133 Å².